The number of carbonyl (C=O) groups is 4. The van der Waals surface area contributed by atoms with Crippen LogP contribution in [0.15, 0.2) is 36.4 Å². The van der Waals surface area contributed by atoms with Crippen LogP contribution in [-0.2, 0) is 39.8 Å². The molecule has 5 aliphatic rings. The minimum atomic E-state index is -4.16. The van der Waals surface area contributed by atoms with Crippen molar-refractivity contribution >= 4 is 44.7 Å². The average molecular weight is 810 g/mol. The predicted octanol–water partition coefficient (Wildman–Crippen LogP) is 4.17. The van der Waals surface area contributed by atoms with Gasteiger partial charge >= 0.3 is 12.0 Å². The van der Waals surface area contributed by atoms with Crippen LogP contribution in [0.25, 0.3) is 11.0 Å². The van der Waals surface area contributed by atoms with E-state index in [1.807, 2.05) is 4.72 Å². The molecule has 3 amide bonds. The lowest BCUT2D eigenvalue weighted by Gasteiger charge is -2.38. The van der Waals surface area contributed by atoms with Gasteiger partial charge in [0, 0.05) is 18.8 Å². The van der Waals surface area contributed by atoms with Crippen molar-refractivity contribution in [3.05, 3.63) is 42.1 Å². The maximum Gasteiger partial charge on any atom is 0.408 e. The Bertz CT molecular complexity index is 2060. The van der Waals surface area contributed by atoms with Crippen LogP contribution < -0.4 is 14.8 Å². The molecule has 14 nitrogen and oxygen atoms in total. The third-order valence-corrected chi connectivity index (χ3v) is 13.0. The Morgan fingerprint density at radius 3 is 2.32 bits per heavy atom. The first-order valence-corrected chi connectivity index (χ1v) is 20.1. The molecule has 2 N–H and O–H groups in total. The van der Waals surface area contributed by atoms with Gasteiger partial charge in [-0.05, 0) is 55.7 Å². The van der Waals surface area contributed by atoms with Crippen molar-refractivity contribution in [2.45, 2.75) is 114 Å². The van der Waals surface area contributed by atoms with Crippen molar-refractivity contribution in [2.24, 2.45) is 16.7 Å². The number of fused-ring (bicyclic) bond motifs is 5. The number of rotatable bonds is 7. The lowest BCUT2D eigenvalue weighted by atomic mass is 9.85. The summed E-state index contributed by atoms with van der Waals surface area (Å²) in [5, 5.41) is 1.76. The second-order valence-corrected chi connectivity index (χ2v) is 18.3. The highest BCUT2D eigenvalue weighted by Gasteiger charge is 2.66. The smallest absolute Gasteiger partial charge is 0.408 e. The third-order valence-electron chi connectivity index (χ3n) is 11.1. The molecular weight excluding hydrogens is 766 g/mol. The second-order valence-electron chi connectivity index (χ2n) is 16.3. The molecule has 19 heteroatoms. The SMILES string of the molecule is CC(C)(C)[C@@H]1NC(=O)O[C@@H]2CC[C@H]2OC/C=C/C(F)(F)c2nc3ccccc3nc2O[C@@H]2C[C@@H](C(=O)C[C@]3(C(=O)NS(=O)(=O)C4CC4)C[C@H]3C(F)F)N(C2)C1=O. The Morgan fingerprint density at radius 1 is 1.04 bits per heavy atom. The molecule has 0 radical (unpaired) electrons. The van der Waals surface area contributed by atoms with Gasteiger partial charge in [-0.15, -0.1) is 0 Å². The number of hydrogen-bond acceptors (Lipinski definition) is 11. The van der Waals surface area contributed by atoms with E-state index in [2.05, 4.69) is 15.3 Å². The van der Waals surface area contributed by atoms with E-state index in [1.165, 1.54) is 12.1 Å². The summed E-state index contributed by atoms with van der Waals surface area (Å²) in [6, 6.07) is 3.44. The molecule has 3 heterocycles. The summed E-state index contributed by atoms with van der Waals surface area (Å²) in [6.45, 7) is 4.31. The number of halogens is 4. The molecule has 1 aromatic carbocycles. The Morgan fingerprint density at radius 2 is 1.71 bits per heavy atom. The summed E-state index contributed by atoms with van der Waals surface area (Å²) in [7, 11) is -4.16. The number of amides is 3. The fraction of sp³-hybridized carbons (Fsp3) is 0.622. The zero-order valence-corrected chi connectivity index (χ0v) is 31.7. The summed E-state index contributed by atoms with van der Waals surface area (Å²) < 4.78 is 105. The maximum atomic E-state index is 16.0. The fourth-order valence-corrected chi connectivity index (χ4v) is 8.91. The molecule has 3 aliphatic carbocycles. The number of sulfonamides is 1. The van der Waals surface area contributed by atoms with E-state index in [1.54, 1.807) is 32.9 Å². The Hall–Kier alpha value is -4.39. The van der Waals surface area contributed by atoms with E-state index in [0.717, 1.165) is 11.0 Å². The van der Waals surface area contributed by atoms with Crippen LogP contribution in [0.5, 0.6) is 5.88 Å². The van der Waals surface area contributed by atoms with Gasteiger partial charge < -0.3 is 24.4 Å². The van der Waals surface area contributed by atoms with Crippen molar-refractivity contribution in [3.63, 3.8) is 0 Å². The largest absolute Gasteiger partial charge is 0.471 e. The number of para-hydroxylation sites is 2. The predicted molar refractivity (Wildman–Crippen MR) is 189 cm³/mol. The van der Waals surface area contributed by atoms with Crippen LogP contribution in [0.2, 0.25) is 0 Å². The standard InChI is InChI=1S/C37H43F4N5O9S/c1-35(2,3)29-32(48)46-18-19(15-24(46)25(47)17-36(16-21(36)30(38)39)33(49)45-56(51,52)20-9-10-20)54-31-28(42-22-7-4-5-8-23(22)43-31)37(40,41)13-6-14-53-26-11-12-27(26)55-34(50)44-29/h4-8,13,19-21,24,26-27,29-30H,9-12,14-18H2,1-3H3,(H,44,50)(H,45,49)/b13-6+/t19-,21+,24+,26-,27-,29-,36-/m1/s1. The number of aromatic nitrogens is 2. The van der Waals surface area contributed by atoms with Crippen LogP contribution in [-0.4, -0.2) is 102 Å². The highest BCUT2D eigenvalue weighted by Crippen LogP contribution is 2.59. The number of allylic oxidation sites excluding steroid dienone is 1. The molecule has 56 heavy (non-hydrogen) atoms. The van der Waals surface area contributed by atoms with Crippen molar-refractivity contribution in [3.8, 4) is 5.88 Å². The Kier molecular flexibility index (Phi) is 10.3. The van der Waals surface area contributed by atoms with Gasteiger partial charge in [0.05, 0.1) is 47.0 Å². The molecule has 304 valence electrons. The zero-order chi connectivity index (χ0) is 40.4. The van der Waals surface area contributed by atoms with E-state index in [4.69, 9.17) is 14.2 Å². The number of nitrogens with one attached hydrogen (secondary N) is 2. The number of alkyl carbamates (subject to hydrolysis) is 1. The number of ether oxygens (including phenoxy) is 3. The van der Waals surface area contributed by atoms with Gasteiger partial charge in [-0.1, -0.05) is 39.0 Å². The number of benzene rings is 1. The highest BCUT2D eigenvalue weighted by atomic mass is 32.2. The molecule has 4 fully saturated rings. The molecule has 7 rings (SSSR count). The lowest BCUT2D eigenvalue weighted by molar-refractivity contribution is -0.142. The molecular formula is C37H43F4N5O9S. The topological polar surface area (TPSA) is 183 Å². The fourth-order valence-electron chi connectivity index (χ4n) is 7.52. The second kappa shape index (κ2) is 14.5. The summed E-state index contributed by atoms with van der Waals surface area (Å²) in [5.41, 5.74) is -3.58. The van der Waals surface area contributed by atoms with Gasteiger partial charge in [-0.2, -0.15) is 8.78 Å². The first-order chi connectivity index (χ1) is 26.3. The highest BCUT2D eigenvalue weighted by molar-refractivity contribution is 7.90. The lowest BCUT2D eigenvalue weighted by Crippen LogP contribution is -2.58. The molecule has 2 aliphatic heterocycles. The summed E-state index contributed by atoms with van der Waals surface area (Å²) in [4.78, 5) is 65.0. The van der Waals surface area contributed by atoms with Crippen LogP contribution in [0, 0.1) is 16.7 Å². The molecule has 2 bridgehead atoms. The van der Waals surface area contributed by atoms with Crippen LogP contribution in [0.3, 0.4) is 0 Å². The molecule has 2 aromatic rings. The number of Topliss-reactive ketones (excluding diaryl/α,β-unsaturated/α-hetero) is 1. The first kappa shape index (κ1) is 39.8. The Labute approximate surface area is 320 Å². The minimum Gasteiger partial charge on any atom is -0.471 e. The molecule has 3 saturated carbocycles. The maximum absolute atomic E-state index is 16.0. The van der Waals surface area contributed by atoms with Gasteiger partial charge in [0.25, 0.3) is 0 Å². The number of ketones is 1. The Balaban J connectivity index is 1.25. The van der Waals surface area contributed by atoms with Crippen molar-refractivity contribution < 1.29 is 59.4 Å². The van der Waals surface area contributed by atoms with Crippen LogP contribution in [0.4, 0.5) is 22.4 Å². The van der Waals surface area contributed by atoms with Gasteiger partial charge in [-0.3, -0.25) is 19.1 Å². The third kappa shape index (κ3) is 7.93. The van der Waals surface area contributed by atoms with Crippen molar-refractivity contribution in [1.82, 2.24) is 24.9 Å². The first-order valence-electron chi connectivity index (χ1n) is 18.5. The van der Waals surface area contributed by atoms with Crippen molar-refractivity contribution in [2.75, 3.05) is 13.2 Å². The molecule has 1 aromatic heterocycles. The normalized spacial score (nSPS) is 31.4. The monoisotopic (exact) mass is 809 g/mol. The van der Waals surface area contributed by atoms with E-state index in [0.29, 0.717) is 31.8 Å². The molecule has 0 spiro atoms. The number of carbonyl (C=O) groups excluding carboxylic acids is 4. The average Bonchev–Trinajstić information content (AvgIpc) is 4.04. The van der Waals surface area contributed by atoms with Crippen LogP contribution >= 0.6 is 0 Å². The zero-order valence-electron chi connectivity index (χ0n) is 30.9. The number of alkyl halides is 4. The van der Waals surface area contributed by atoms with Crippen LogP contribution in [0.1, 0.15) is 71.4 Å². The van der Waals surface area contributed by atoms with E-state index in [-0.39, 0.29) is 24.1 Å². The summed E-state index contributed by atoms with van der Waals surface area (Å²) in [5.74, 6) is -8.86. The minimum absolute atomic E-state index is 0.140. The summed E-state index contributed by atoms with van der Waals surface area (Å²) in [6.07, 6.45) is -5.07. The molecule has 7 atom stereocenters. The van der Waals surface area contributed by atoms with E-state index in [9.17, 15) is 36.4 Å². The van der Waals surface area contributed by atoms with E-state index >= 15 is 8.78 Å². The quantitative estimate of drug-likeness (QED) is 0.303. The molecule has 0 unspecified atom stereocenters. The summed E-state index contributed by atoms with van der Waals surface area (Å²) >= 11 is 0. The van der Waals surface area contributed by atoms with E-state index < -0.39 is 129 Å². The van der Waals surface area contributed by atoms with Gasteiger partial charge in [0.2, 0.25) is 34.1 Å². The van der Waals surface area contributed by atoms with Gasteiger partial charge in [0.15, 0.2) is 11.5 Å². The van der Waals surface area contributed by atoms with Crippen molar-refractivity contribution in [1.29, 1.82) is 0 Å². The van der Waals surface area contributed by atoms with Gasteiger partial charge in [0.1, 0.15) is 18.2 Å². The molecule has 1 saturated heterocycles. The number of nitrogens with zero attached hydrogens (tertiary/aromatic N) is 3. The van der Waals surface area contributed by atoms with Gasteiger partial charge in [-0.25, -0.2) is 32.0 Å². The number of hydrogen-bond donors (Lipinski definition) is 2.